The van der Waals surface area contributed by atoms with Crippen molar-refractivity contribution < 1.29 is 9.53 Å². The van der Waals surface area contributed by atoms with Crippen LogP contribution in [0.4, 0.5) is 11.6 Å². The van der Waals surface area contributed by atoms with Gasteiger partial charge in [-0.2, -0.15) is 0 Å². The van der Waals surface area contributed by atoms with Crippen LogP contribution in [0.1, 0.15) is 35.4 Å². The zero-order valence-electron chi connectivity index (χ0n) is 14.1. The second kappa shape index (κ2) is 7.29. The van der Waals surface area contributed by atoms with Gasteiger partial charge in [0, 0.05) is 18.8 Å². The molecule has 1 aromatic carbocycles. The third kappa shape index (κ3) is 3.64. The molecule has 6 heteroatoms. The molecule has 1 aromatic heterocycles. The molecule has 0 unspecified atom stereocenters. The zero-order valence-corrected chi connectivity index (χ0v) is 14.1. The van der Waals surface area contributed by atoms with Gasteiger partial charge in [-0.15, -0.1) is 0 Å². The summed E-state index contributed by atoms with van der Waals surface area (Å²) in [5.41, 5.74) is 1.95. The Hall–Kier alpha value is -2.63. The summed E-state index contributed by atoms with van der Waals surface area (Å²) < 4.78 is 5.33. The Morgan fingerprint density at radius 2 is 1.92 bits per heavy atom. The number of aryl methyl sites for hydroxylation is 1. The monoisotopic (exact) mass is 326 g/mol. The third-order valence-corrected chi connectivity index (χ3v) is 4.07. The second-order valence-electron chi connectivity index (χ2n) is 5.90. The maximum absolute atomic E-state index is 12.7. The van der Waals surface area contributed by atoms with Gasteiger partial charge in [0.15, 0.2) is 0 Å². The topological polar surface area (TPSA) is 67.3 Å². The summed E-state index contributed by atoms with van der Waals surface area (Å²) in [4.78, 5) is 23.3. The van der Waals surface area contributed by atoms with Crippen molar-refractivity contribution in [3.05, 3.63) is 41.7 Å². The normalized spacial score (nSPS) is 14.3. The molecule has 6 nitrogen and oxygen atoms in total. The van der Waals surface area contributed by atoms with Crippen LogP contribution in [0.3, 0.4) is 0 Å². The number of benzene rings is 1. The fraction of sp³-hybridized carbons (Fsp3) is 0.389. The summed E-state index contributed by atoms with van der Waals surface area (Å²) in [5.74, 6) is 1.08. The van der Waals surface area contributed by atoms with E-state index < -0.39 is 0 Å². The van der Waals surface area contributed by atoms with E-state index in [9.17, 15) is 4.79 Å². The predicted molar refractivity (Wildman–Crippen MR) is 92.8 cm³/mol. The Morgan fingerprint density at radius 3 is 2.67 bits per heavy atom. The first-order valence-corrected chi connectivity index (χ1v) is 8.22. The Labute approximate surface area is 141 Å². The number of ether oxygens (including phenoxy) is 1. The molecule has 1 saturated heterocycles. The fourth-order valence-corrected chi connectivity index (χ4v) is 2.86. The van der Waals surface area contributed by atoms with Gasteiger partial charge in [0.1, 0.15) is 11.4 Å². The van der Waals surface area contributed by atoms with Crippen LogP contribution in [0.25, 0.3) is 0 Å². The summed E-state index contributed by atoms with van der Waals surface area (Å²) >= 11 is 0. The van der Waals surface area contributed by atoms with Crippen molar-refractivity contribution in [2.45, 2.75) is 26.2 Å². The second-order valence-corrected chi connectivity index (χ2v) is 5.90. The van der Waals surface area contributed by atoms with Gasteiger partial charge in [-0.1, -0.05) is 12.1 Å². The van der Waals surface area contributed by atoms with Crippen LogP contribution >= 0.6 is 0 Å². The number of hydrogen-bond donors (Lipinski definition) is 1. The van der Waals surface area contributed by atoms with Crippen molar-refractivity contribution in [3.63, 3.8) is 0 Å². The van der Waals surface area contributed by atoms with Crippen molar-refractivity contribution in [2.75, 3.05) is 25.5 Å². The van der Waals surface area contributed by atoms with Crippen molar-refractivity contribution in [3.8, 4) is 5.75 Å². The van der Waals surface area contributed by atoms with Gasteiger partial charge in [-0.3, -0.25) is 4.79 Å². The summed E-state index contributed by atoms with van der Waals surface area (Å²) in [5, 5.41) is 3.14. The van der Waals surface area contributed by atoms with Gasteiger partial charge in [0.25, 0.3) is 5.91 Å². The lowest BCUT2D eigenvalue weighted by Crippen LogP contribution is -2.36. The molecule has 0 atom stereocenters. The maximum atomic E-state index is 12.7. The minimum Gasteiger partial charge on any atom is -0.495 e. The van der Waals surface area contributed by atoms with Crippen LogP contribution < -0.4 is 10.1 Å². The molecular weight excluding hydrogens is 304 g/mol. The Bertz CT molecular complexity index is 727. The number of nitrogens with zero attached hydrogens (tertiary/aromatic N) is 3. The molecule has 24 heavy (non-hydrogen) atoms. The number of likely N-dealkylation sites (tertiary alicyclic amines) is 1. The highest BCUT2D eigenvalue weighted by molar-refractivity contribution is 5.92. The number of rotatable bonds is 4. The quantitative estimate of drug-likeness (QED) is 0.935. The average molecular weight is 326 g/mol. The summed E-state index contributed by atoms with van der Waals surface area (Å²) in [6.07, 6.45) is 3.30. The number of carbonyl (C=O) groups excluding carboxylic acids is 1. The van der Waals surface area contributed by atoms with Crippen LogP contribution in [0.5, 0.6) is 5.75 Å². The fourth-order valence-electron chi connectivity index (χ4n) is 2.86. The molecule has 0 saturated carbocycles. The van der Waals surface area contributed by atoms with Crippen molar-refractivity contribution in [1.82, 2.24) is 14.9 Å². The SMILES string of the molecule is COc1ccccc1Nc1nc(C)cc(C(=O)N2CCCCC2)n1. The van der Waals surface area contributed by atoms with Crippen molar-refractivity contribution in [2.24, 2.45) is 0 Å². The van der Waals surface area contributed by atoms with E-state index in [1.54, 1.807) is 13.2 Å². The number of methoxy groups -OCH3 is 1. The molecular formula is C18H22N4O2. The van der Waals surface area contributed by atoms with Crippen LogP contribution in [0.2, 0.25) is 0 Å². The first kappa shape index (κ1) is 16.2. The molecule has 1 aliphatic rings. The standard InChI is InChI=1S/C18H22N4O2/c1-13-12-15(17(23)22-10-6-3-7-11-22)21-18(19-13)20-14-8-4-5-9-16(14)24-2/h4-5,8-9,12H,3,6-7,10-11H2,1-2H3,(H,19,20,21). The van der Waals surface area contributed by atoms with E-state index in [1.165, 1.54) is 6.42 Å². The van der Waals surface area contributed by atoms with Gasteiger partial charge in [0.05, 0.1) is 12.8 Å². The summed E-state index contributed by atoms with van der Waals surface area (Å²) in [7, 11) is 1.61. The molecule has 0 radical (unpaired) electrons. The molecule has 0 spiro atoms. The van der Waals surface area contributed by atoms with E-state index in [0.29, 0.717) is 17.4 Å². The number of piperidine rings is 1. The first-order chi connectivity index (χ1) is 11.7. The smallest absolute Gasteiger partial charge is 0.272 e. The number of carbonyl (C=O) groups is 1. The number of nitrogens with one attached hydrogen (secondary N) is 1. The lowest BCUT2D eigenvalue weighted by atomic mass is 10.1. The predicted octanol–water partition coefficient (Wildman–Crippen LogP) is 3.16. The Balaban J connectivity index is 1.84. The molecule has 0 aliphatic carbocycles. The number of para-hydroxylation sites is 2. The molecule has 1 amide bonds. The molecule has 1 fully saturated rings. The minimum absolute atomic E-state index is 0.0247. The van der Waals surface area contributed by atoms with Gasteiger partial charge in [-0.25, -0.2) is 9.97 Å². The molecule has 126 valence electrons. The van der Waals surface area contributed by atoms with Gasteiger partial charge < -0.3 is 15.0 Å². The lowest BCUT2D eigenvalue weighted by Gasteiger charge is -2.26. The van der Waals surface area contributed by atoms with E-state index >= 15 is 0 Å². The van der Waals surface area contributed by atoms with E-state index in [4.69, 9.17) is 4.74 Å². The number of anilines is 2. The number of amides is 1. The van der Waals surface area contributed by atoms with E-state index in [-0.39, 0.29) is 5.91 Å². The van der Waals surface area contributed by atoms with Crippen LogP contribution in [0.15, 0.2) is 30.3 Å². The Morgan fingerprint density at radius 1 is 1.17 bits per heavy atom. The summed E-state index contributed by atoms with van der Waals surface area (Å²) in [6.45, 7) is 3.47. The highest BCUT2D eigenvalue weighted by atomic mass is 16.5. The first-order valence-electron chi connectivity index (χ1n) is 8.22. The average Bonchev–Trinajstić information content (AvgIpc) is 2.62. The highest BCUT2D eigenvalue weighted by Crippen LogP contribution is 2.26. The maximum Gasteiger partial charge on any atom is 0.272 e. The highest BCUT2D eigenvalue weighted by Gasteiger charge is 2.20. The minimum atomic E-state index is -0.0247. The molecule has 0 bridgehead atoms. The third-order valence-electron chi connectivity index (χ3n) is 4.07. The van der Waals surface area contributed by atoms with Crippen molar-refractivity contribution in [1.29, 1.82) is 0 Å². The van der Waals surface area contributed by atoms with E-state index in [1.807, 2.05) is 36.1 Å². The molecule has 2 aromatic rings. The largest absolute Gasteiger partial charge is 0.495 e. The van der Waals surface area contributed by atoms with Crippen LogP contribution in [-0.2, 0) is 0 Å². The van der Waals surface area contributed by atoms with E-state index in [2.05, 4.69) is 15.3 Å². The number of hydrogen-bond acceptors (Lipinski definition) is 5. The van der Waals surface area contributed by atoms with Gasteiger partial charge >= 0.3 is 0 Å². The van der Waals surface area contributed by atoms with Gasteiger partial charge in [0.2, 0.25) is 5.95 Å². The summed E-state index contributed by atoms with van der Waals surface area (Å²) in [6, 6.07) is 9.28. The molecule has 1 N–H and O–H groups in total. The molecule has 1 aliphatic heterocycles. The van der Waals surface area contributed by atoms with Gasteiger partial charge in [-0.05, 0) is 44.4 Å². The molecule has 2 heterocycles. The van der Waals surface area contributed by atoms with E-state index in [0.717, 1.165) is 37.3 Å². The number of aromatic nitrogens is 2. The Kier molecular flexibility index (Phi) is 4.93. The zero-order chi connectivity index (χ0) is 16.9. The van der Waals surface area contributed by atoms with Crippen LogP contribution in [-0.4, -0.2) is 41.0 Å². The lowest BCUT2D eigenvalue weighted by molar-refractivity contribution is 0.0718. The van der Waals surface area contributed by atoms with Crippen LogP contribution in [0, 0.1) is 6.92 Å². The molecule has 3 rings (SSSR count). The van der Waals surface area contributed by atoms with Crippen molar-refractivity contribution >= 4 is 17.5 Å².